The van der Waals surface area contributed by atoms with Crippen LogP contribution in [0, 0.1) is 0 Å². The molecule has 3 heteroatoms. The first kappa shape index (κ1) is 9.48. The van der Waals surface area contributed by atoms with Crippen molar-refractivity contribution in [3.8, 4) is 0 Å². The molecule has 0 spiro atoms. The molecule has 0 saturated carbocycles. The number of nitrogens with two attached hydrogens (primary N) is 1. The summed E-state index contributed by atoms with van der Waals surface area (Å²) in [6.07, 6.45) is 0. The third kappa shape index (κ3) is 4.95. The van der Waals surface area contributed by atoms with Crippen molar-refractivity contribution in [2.45, 2.75) is 23.2 Å². The molecule has 56 valence electrons. The van der Waals surface area contributed by atoms with Crippen LogP contribution in [-0.2, 0) is 0 Å². The van der Waals surface area contributed by atoms with Gasteiger partial charge in [0.15, 0.2) is 0 Å². The van der Waals surface area contributed by atoms with Crippen molar-refractivity contribution in [2.75, 3.05) is 13.1 Å². The molecule has 0 saturated heterocycles. The SMILES string of the molecule is CC(NCCN)[As](C)C. The van der Waals surface area contributed by atoms with Gasteiger partial charge in [0.2, 0.25) is 0 Å². The molecule has 0 aromatic rings. The van der Waals surface area contributed by atoms with Crippen LogP contribution in [0.1, 0.15) is 6.92 Å². The molecule has 1 atom stereocenters. The van der Waals surface area contributed by atoms with Crippen LogP contribution in [0.3, 0.4) is 0 Å². The fraction of sp³-hybridized carbons (Fsp3) is 1.00. The summed E-state index contributed by atoms with van der Waals surface area (Å²) < 4.78 is 0. The van der Waals surface area contributed by atoms with Crippen molar-refractivity contribution in [3.05, 3.63) is 0 Å². The molecule has 0 aromatic heterocycles. The van der Waals surface area contributed by atoms with Crippen molar-refractivity contribution in [1.82, 2.24) is 5.32 Å². The van der Waals surface area contributed by atoms with Crippen LogP contribution in [-0.4, -0.2) is 32.6 Å². The molecule has 0 aliphatic heterocycles. The number of nitrogens with one attached hydrogen (secondary N) is 1. The summed E-state index contributed by atoms with van der Waals surface area (Å²) in [7, 11) is 0. The monoisotopic (exact) mass is 192 g/mol. The van der Waals surface area contributed by atoms with E-state index in [0.717, 1.165) is 17.9 Å². The third-order valence-corrected chi connectivity index (χ3v) is 4.99. The van der Waals surface area contributed by atoms with Crippen LogP contribution >= 0.6 is 0 Å². The van der Waals surface area contributed by atoms with Gasteiger partial charge in [0.05, 0.1) is 0 Å². The van der Waals surface area contributed by atoms with Crippen molar-refractivity contribution in [3.63, 3.8) is 0 Å². The van der Waals surface area contributed by atoms with Crippen LogP contribution in [0.2, 0.25) is 11.4 Å². The molecule has 1 unspecified atom stereocenters. The Bertz CT molecular complexity index is 66.1. The Hall–Kier alpha value is 0.478. The van der Waals surface area contributed by atoms with Gasteiger partial charge in [-0.05, 0) is 0 Å². The molecule has 0 radical (unpaired) electrons. The van der Waals surface area contributed by atoms with E-state index >= 15 is 0 Å². The molecule has 0 fully saturated rings. The Kier molecular flexibility index (Phi) is 5.56. The Morgan fingerprint density at radius 1 is 1.56 bits per heavy atom. The van der Waals surface area contributed by atoms with Gasteiger partial charge in [-0.15, -0.1) is 0 Å². The molecular formula is C6H17AsN2. The summed E-state index contributed by atoms with van der Waals surface area (Å²) in [4.78, 5) is 0.737. The maximum atomic E-state index is 5.33. The first-order valence-electron chi connectivity index (χ1n) is 3.28. The molecule has 9 heavy (non-hydrogen) atoms. The maximum absolute atomic E-state index is 5.33. The molecule has 0 bridgehead atoms. The van der Waals surface area contributed by atoms with Gasteiger partial charge in [0.1, 0.15) is 0 Å². The Morgan fingerprint density at radius 3 is 2.44 bits per heavy atom. The van der Waals surface area contributed by atoms with E-state index in [0.29, 0.717) is 0 Å². The fourth-order valence-corrected chi connectivity index (χ4v) is 1.51. The number of rotatable bonds is 4. The Labute approximate surface area is 62.5 Å². The zero-order valence-electron chi connectivity index (χ0n) is 6.52. The average Bonchev–Trinajstić information content (AvgIpc) is 1.82. The first-order chi connectivity index (χ1) is 4.18. The summed E-state index contributed by atoms with van der Waals surface area (Å²) in [6.45, 7) is 3.97. The predicted molar refractivity (Wildman–Crippen MR) is 44.0 cm³/mol. The van der Waals surface area contributed by atoms with Gasteiger partial charge >= 0.3 is 62.0 Å². The molecule has 3 N–H and O–H groups in total. The van der Waals surface area contributed by atoms with E-state index in [2.05, 4.69) is 23.7 Å². The van der Waals surface area contributed by atoms with Crippen LogP contribution in [0.4, 0.5) is 0 Å². The van der Waals surface area contributed by atoms with Gasteiger partial charge in [0, 0.05) is 0 Å². The van der Waals surface area contributed by atoms with Crippen molar-refractivity contribution < 1.29 is 0 Å². The molecule has 0 amide bonds. The van der Waals surface area contributed by atoms with Gasteiger partial charge in [-0.25, -0.2) is 0 Å². The third-order valence-electron chi connectivity index (χ3n) is 1.36. The van der Waals surface area contributed by atoms with E-state index in [4.69, 9.17) is 5.73 Å². The quantitative estimate of drug-likeness (QED) is 0.625. The number of hydrogen-bond donors (Lipinski definition) is 2. The molecule has 0 heterocycles. The van der Waals surface area contributed by atoms with E-state index in [1.807, 2.05) is 0 Å². The molecule has 0 rings (SSSR count). The number of hydrogen-bond acceptors (Lipinski definition) is 2. The van der Waals surface area contributed by atoms with E-state index in [9.17, 15) is 0 Å². The second-order valence-electron chi connectivity index (χ2n) is 2.38. The second-order valence-corrected chi connectivity index (χ2v) is 8.05. The van der Waals surface area contributed by atoms with Gasteiger partial charge in [0.25, 0.3) is 0 Å². The predicted octanol–water partition coefficient (Wildman–Crippen LogP) is 0.217. The van der Waals surface area contributed by atoms with Gasteiger partial charge in [-0.1, -0.05) is 0 Å². The van der Waals surface area contributed by atoms with E-state index in [1.165, 1.54) is 0 Å². The van der Waals surface area contributed by atoms with Crippen LogP contribution in [0.15, 0.2) is 0 Å². The normalized spacial score (nSPS) is 14.3. The Morgan fingerprint density at radius 2 is 2.11 bits per heavy atom. The van der Waals surface area contributed by atoms with Crippen molar-refractivity contribution in [2.24, 2.45) is 5.73 Å². The topological polar surface area (TPSA) is 38.0 Å². The van der Waals surface area contributed by atoms with Gasteiger partial charge in [-0.2, -0.15) is 0 Å². The molecule has 0 aliphatic carbocycles. The van der Waals surface area contributed by atoms with E-state index < -0.39 is 14.7 Å². The summed E-state index contributed by atoms with van der Waals surface area (Å²) in [5.41, 5.74) is 10.0. The van der Waals surface area contributed by atoms with Crippen LogP contribution in [0.25, 0.3) is 0 Å². The van der Waals surface area contributed by atoms with Crippen LogP contribution in [0.5, 0.6) is 0 Å². The molecule has 0 aliphatic rings. The second kappa shape index (κ2) is 5.28. The minimum atomic E-state index is -0.521. The zero-order chi connectivity index (χ0) is 7.28. The first-order valence-corrected chi connectivity index (χ1v) is 8.12. The van der Waals surface area contributed by atoms with E-state index in [-0.39, 0.29) is 0 Å². The van der Waals surface area contributed by atoms with Gasteiger partial charge < -0.3 is 0 Å². The van der Waals surface area contributed by atoms with Crippen molar-refractivity contribution >= 4 is 14.7 Å². The average molecular weight is 192 g/mol. The molecule has 2 nitrogen and oxygen atoms in total. The Balaban J connectivity index is 3.16. The molecular weight excluding hydrogens is 175 g/mol. The summed E-state index contributed by atoms with van der Waals surface area (Å²) >= 11 is -0.521. The standard InChI is InChI=1S/C6H17AsN2/c1-6(7(2)3)9-5-4-8/h6,9H,4-5,8H2,1-3H3. The summed E-state index contributed by atoms with van der Waals surface area (Å²) in [5, 5.41) is 3.37. The summed E-state index contributed by atoms with van der Waals surface area (Å²) in [6, 6.07) is 0. The van der Waals surface area contributed by atoms with Crippen LogP contribution < -0.4 is 11.1 Å². The summed E-state index contributed by atoms with van der Waals surface area (Å²) in [5.74, 6) is 0. The fourth-order valence-electron chi connectivity index (χ4n) is 0.475. The molecule has 0 aromatic carbocycles. The van der Waals surface area contributed by atoms with Gasteiger partial charge in [-0.3, -0.25) is 0 Å². The minimum absolute atomic E-state index is 0.521. The zero-order valence-corrected chi connectivity index (χ0v) is 8.39. The van der Waals surface area contributed by atoms with Crippen molar-refractivity contribution in [1.29, 1.82) is 0 Å². The van der Waals surface area contributed by atoms with E-state index in [1.54, 1.807) is 0 Å².